The highest BCUT2D eigenvalue weighted by molar-refractivity contribution is 5.62. The number of benzene rings is 1. The molecule has 0 aliphatic rings. The molecule has 130 valence electrons. The summed E-state index contributed by atoms with van der Waals surface area (Å²) in [7, 11) is 3.56. The van der Waals surface area contributed by atoms with E-state index >= 15 is 0 Å². The number of ether oxygens (including phenoxy) is 1. The predicted octanol–water partition coefficient (Wildman–Crippen LogP) is 2.43. The van der Waals surface area contributed by atoms with Gasteiger partial charge in [-0.1, -0.05) is 12.1 Å². The van der Waals surface area contributed by atoms with E-state index in [-0.39, 0.29) is 5.95 Å². The van der Waals surface area contributed by atoms with Crippen LogP contribution in [-0.2, 0) is 13.1 Å². The van der Waals surface area contributed by atoms with Gasteiger partial charge in [-0.15, -0.1) is 0 Å². The Bertz CT molecular complexity index is 822. The Balaban J connectivity index is 1.73. The van der Waals surface area contributed by atoms with Crippen molar-refractivity contribution in [3.8, 4) is 5.75 Å². The van der Waals surface area contributed by atoms with Gasteiger partial charge in [0.15, 0.2) is 0 Å². The molecule has 0 bridgehead atoms. The van der Waals surface area contributed by atoms with Crippen LogP contribution in [0.3, 0.4) is 0 Å². The lowest BCUT2D eigenvalue weighted by Crippen LogP contribution is -2.20. The molecule has 25 heavy (non-hydrogen) atoms. The Morgan fingerprint density at radius 2 is 1.96 bits per heavy atom. The molecular formula is C17H20N6O2. The molecule has 3 aromatic rings. The molecule has 0 saturated heterocycles. The Kier molecular flexibility index (Phi) is 5.10. The first-order valence-corrected chi connectivity index (χ1v) is 7.75. The van der Waals surface area contributed by atoms with Crippen LogP contribution in [0.2, 0.25) is 0 Å². The van der Waals surface area contributed by atoms with Gasteiger partial charge in [0.05, 0.1) is 32.1 Å². The van der Waals surface area contributed by atoms with E-state index < -0.39 is 0 Å². The van der Waals surface area contributed by atoms with Crippen molar-refractivity contribution >= 4 is 17.6 Å². The van der Waals surface area contributed by atoms with E-state index in [1.165, 1.54) is 0 Å². The molecule has 0 radical (unpaired) electrons. The number of para-hydroxylation sites is 2. The van der Waals surface area contributed by atoms with Crippen molar-refractivity contribution in [3.63, 3.8) is 0 Å². The molecule has 8 heteroatoms. The number of methoxy groups -OCH3 is 1. The molecule has 1 aromatic carbocycles. The lowest BCUT2D eigenvalue weighted by molar-refractivity contribution is 0.281. The van der Waals surface area contributed by atoms with Crippen molar-refractivity contribution in [2.75, 3.05) is 25.2 Å². The number of nitrogens with zero attached hydrogens (tertiary/aromatic N) is 4. The van der Waals surface area contributed by atoms with E-state index in [9.17, 15) is 0 Å². The van der Waals surface area contributed by atoms with Crippen LogP contribution in [0.25, 0.3) is 0 Å². The van der Waals surface area contributed by atoms with E-state index in [0.717, 1.165) is 11.4 Å². The molecule has 0 amide bonds. The van der Waals surface area contributed by atoms with Crippen LogP contribution in [0.5, 0.6) is 5.75 Å². The van der Waals surface area contributed by atoms with Crippen LogP contribution in [-0.4, -0.2) is 34.0 Å². The molecule has 0 unspecified atom stereocenters. The van der Waals surface area contributed by atoms with Crippen LogP contribution in [0, 0.1) is 0 Å². The normalized spacial score (nSPS) is 10.8. The van der Waals surface area contributed by atoms with Gasteiger partial charge in [-0.2, -0.15) is 15.0 Å². The van der Waals surface area contributed by atoms with Crippen LogP contribution in [0.4, 0.5) is 17.6 Å². The predicted molar refractivity (Wildman–Crippen MR) is 94.4 cm³/mol. The first-order chi connectivity index (χ1) is 12.1. The topological polar surface area (TPSA) is 102 Å². The summed E-state index contributed by atoms with van der Waals surface area (Å²) in [4.78, 5) is 14.8. The lowest BCUT2D eigenvalue weighted by Gasteiger charge is -2.15. The van der Waals surface area contributed by atoms with Crippen LogP contribution in [0.15, 0.2) is 47.1 Å². The number of anilines is 3. The van der Waals surface area contributed by atoms with Gasteiger partial charge < -0.3 is 20.2 Å². The summed E-state index contributed by atoms with van der Waals surface area (Å²) in [5.41, 5.74) is 6.58. The van der Waals surface area contributed by atoms with E-state index in [1.54, 1.807) is 13.4 Å². The Morgan fingerprint density at radius 3 is 2.72 bits per heavy atom. The molecule has 3 rings (SSSR count). The minimum absolute atomic E-state index is 0.161. The van der Waals surface area contributed by atoms with E-state index in [2.05, 4.69) is 20.3 Å². The van der Waals surface area contributed by atoms with Crippen LogP contribution < -0.4 is 15.8 Å². The van der Waals surface area contributed by atoms with Gasteiger partial charge in [-0.3, -0.25) is 4.90 Å². The molecule has 0 atom stereocenters. The number of hydrogen-bond acceptors (Lipinski definition) is 8. The summed E-state index contributed by atoms with van der Waals surface area (Å²) in [5, 5.41) is 3.12. The number of rotatable bonds is 7. The van der Waals surface area contributed by atoms with Crippen molar-refractivity contribution in [1.82, 2.24) is 19.9 Å². The van der Waals surface area contributed by atoms with Crippen LogP contribution in [0.1, 0.15) is 11.6 Å². The van der Waals surface area contributed by atoms with Crippen molar-refractivity contribution in [1.29, 1.82) is 0 Å². The number of aromatic nitrogens is 3. The standard InChI is InChI=1S/C17H20N6O2/c1-23(10-12-6-5-9-25-12)11-15-20-16(18)22-17(21-15)19-13-7-3-4-8-14(13)24-2/h3-9H,10-11H2,1-2H3,(H3,18,19,20,21,22). The highest BCUT2D eigenvalue weighted by Crippen LogP contribution is 2.25. The number of nitrogen functional groups attached to an aromatic ring is 1. The molecule has 2 heterocycles. The maximum Gasteiger partial charge on any atom is 0.232 e. The Morgan fingerprint density at radius 1 is 1.12 bits per heavy atom. The molecule has 0 saturated carbocycles. The lowest BCUT2D eigenvalue weighted by atomic mass is 10.3. The van der Waals surface area contributed by atoms with E-state index in [0.29, 0.717) is 30.6 Å². The first-order valence-electron chi connectivity index (χ1n) is 7.75. The molecule has 0 aliphatic heterocycles. The molecular weight excluding hydrogens is 320 g/mol. The average molecular weight is 340 g/mol. The van der Waals surface area contributed by atoms with Crippen LogP contribution >= 0.6 is 0 Å². The first kappa shape index (κ1) is 16.7. The SMILES string of the molecule is COc1ccccc1Nc1nc(N)nc(CN(C)Cc2ccco2)n1. The summed E-state index contributed by atoms with van der Waals surface area (Å²) in [6.07, 6.45) is 1.65. The zero-order valence-corrected chi connectivity index (χ0v) is 14.1. The third kappa shape index (κ3) is 4.45. The maximum absolute atomic E-state index is 5.82. The van der Waals surface area contributed by atoms with Gasteiger partial charge in [0, 0.05) is 0 Å². The molecule has 2 aromatic heterocycles. The highest BCUT2D eigenvalue weighted by atomic mass is 16.5. The maximum atomic E-state index is 5.82. The fraction of sp³-hybridized carbons (Fsp3) is 0.235. The second-order valence-electron chi connectivity index (χ2n) is 5.51. The number of furan rings is 1. The quantitative estimate of drug-likeness (QED) is 0.676. The summed E-state index contributed by atoms with van der Waals surface area (Å²) in [6, 6.07) is 11.3. The van der Waals surface area contributed by atoms with Crippen molar-refractivity contribution in [2.45, 2.75) is 13.1 Å². The molecule has 0 spiro atoms. The van der Waals surface area contributed by atoms with E-state index in [1.807, 2.05) is 48.3 Å². The summed E-state index contributed by atoms with van der Waals surface area (Å²) in [5.74, 6) is 2.67. The molecule has 0 aliphatic carbocycles. The van der Waals surface area contributed by atoms with Gasteiger partial charge in [0.25, 0.3) is 0 Å². The van der Waals surface area contributed by atoms with Crippen molar-refractivity contribution < 1.29 is 9.15 Å². The number of nitrogens with one attached hydrogen (secondary N) is 1. The molecule has 8 nitrogen and oxygen atoms in total. The average Bonchev–Trinajstić information content (AvgIpc) is 3.07. The minimum Gasteiger partial charge on any atom is -0.495 e. The third-order valence-electron chi connectivity index (χ3n) is 3.47. The fourth-order valence-corrected chi connectivity index (χ4v) is 2.40. The van der Waals surface area contributed by atoms with E-state index in [4.69, 9.17) is 14.9 Å². The Labute approximate surface area is 145 Å². The second-order valence-corrected chi connectivity index (χ2v) is 5.51. The number of nitrogens with two attached hydrogens (primary N) is 1. The third-order valence-corrected chi connectivity index (χ3v) is 3.47. The van der Waals surface area contributed by atoms with Gasteiger partial charge in [0.1, 0.15) is 17.3 Å². The van der Waals surface area contributed by atoms with Gasteiger partial charge >= 0.3 is 0 Å². The fourth-order valence-electron chi connectivity index (χ4n) is 2.40. The summed E-state index contributed by atoms with van der Waals surface area (Å²) < 4.78 is 10.7. The Hall–Kier alpha value is -3.13. The summed E-state index contributed by atoms with van der Waals surface area (Å²) in [6.45, 7) is 1.15. The largest absolute Gasteiger partial charge is 0.495 e. The van der Waals surface area contributed by atoms with Gasteiger partial charge in [-0.05, 0) is 31.3 Å². The summed E-state index contributed by atoms with van der Waals surface area (Å²) >= 11 is 0. The van der Waals surface area contributed by atoms with Gasteiger partial charge in [-0.25, -0.2) is 0 Å². The zero-order chi connectivity index (χ0) is 17.6. The molecule has 0 fully saturated rings. The monoisotopic (exact) mass is 340 g/mol. The zero-order valence-electron chi connectivity index (χ0n) is 14.1. The second kappa shape index (κ2) is 7.63. The smallest absolute Gasteiger partial charge is 0.232 e. The van der Waals surface area contributed by atoms with Gasteiger partial charge in [0.2, 0.25) is 11.9 Å². The molecule has 3 N–H and O–H groups in total. The van der Waals surface area contributed by atoms with Crippen molar-refractivity contribution in [3.05, 3.63) is 54.2 Å². The highest BCUT2D eigenvalue weighted by Gasteiger charge is 2.10. The van der Waals surface area contributed by atoms with Crippen molar-refractivity contribution in [2.24, 2.45) is 0 Å². The minimum atomic E-state index is 0.161. The number of hydrogen-bond donors (Lipinski definition) is 2.